The van der Waals surface area contributed by atoms with Gasteiger partial charge in [-0.1, -0.05) is 13.0 Å². The summed E-state index contributed by atoms with van der Waals surface area (Å²) in [5.74, 6) is 1.05. The largest absolute Gasteiger partial charge is 0.433 e. The van der Waals surface area contributed by atoms with Gasteiger partial charge < -0.3 is 25.2 Å². The molecule has 0 saturated carbocycles. The van der Waals surface area contributed by atoms with Gasteiger partial charge in [0.2, 0.25) is 0 Å². The van der Waals surface area contributed by atoms with Crippen LogP contribution in [0.5, 0.6) is 11.6 Å². The Hall–Kier alpha value is -3.01. The molecule has 35 heavy (non-hydrogen) atoms. The standard InChI is InChI=1S/C26H34N6O3/c1-3-18-12-19(14-20(13-18)26(33)6-10-34-11-7-26)23-16-28-24(27)25(30-23)35-22-15-29-32(17-22)21-4-8-31(2)9-5-21/h12-17,21,33H,3-11H2,1-2H3,(H2,27,28). The predicted octanol–water partition coefficient (Wildman–Crippen LogP) is 3.54. The van der Waals surface area contributed by atoms with Crippen LogP contribution in [0.4, 0.5) is 5.82 Å². The molecule has 0 radical (unpaired) electrons. The number of aliphatic hydroxyl groups is 1. The van der Waals surface area contributed by atoms with Gasteiger partial charge in [0, 0.05) is 31.6 Å². The maximum Gasteiger partial charge on any atom is 0.263 e. The first-order valence-electron chi connectivity index (χ1n) is 12.4. The van der Waals surface area contributed by atoms with Crippen LogP contribution >= 0.6 is 0 Å². The van der Waals surface area contributed by atoms with Crippen molar-refractivity contribution < 1.29 is 14.6 Å². The quantitative estimate of drug-likeness (QED) is 0.553. The summed E-state index contributed by atoms with van der Waals surface area (Å²) in [4.78, 5) is 11.4. The molecule has 2 aromatic heterocycles. The maximum atomic E-state index is 11.3. The number of piperidine rings is 1. The lowest BCUT2D eigenvalue weighted by molar-refractivity contribution is -0.0679. The second-order valence-corrected chi connectivity index (χ2v) is 9.65. The van der Waals surface area contributed by atoms with Crippen molar-refractivity contribution in [2.24, 2.45) is 0 Å². The van der Waals surface area contributed by atoms with Crippen molar-refractivity contribution in [3.63, 3.8) is 0 Å². The van der Waals surface area contributed by atoms with Gasteiger partial charge in [0.1, 0.15) is 0 Å². The van der Waals surface area contributed by atoms with E-state index in [0.717, 1.165) is 49.0 Å². The van der Waals surface area contributed by atoms with Gasteiger partial charge in [0.05, 0.1) is 35.9 Å². The molecule has 0 spiro atoms. The van der Waals surface area contributed by atoms with E-state index in [9.17, 15) is 5.11 Å². The summed E-state index contributed by atoms with van der Waals surface area (Å²) in [6.07, 6.45) is 9.35. The first-order valence-corrected chi connectivity index (χ1v) is 12.4. The second-order valence-electron chi connectivity index (χ2n) is 9.65. The normalized spacial score (nSPS) is 19.1. The van der Waals surface area contributed by atoms with E-state index in [1.807, 2.05) is 16.9 Å². The van der Waals surface area contributed by atoms with Gasteiger partial charge in [-0.3, -0.25) is 4.68 Å². The monoisotopic (exact) mass is 478 g/mol. The molecule has 3 N–H and O–H groups in total. The molecule has 2 saturated heterocycles. The topological polar surface area (TPSA) is 112 Å². The van der Waals surface area contributed by atoms with Gasteiger partial charge >= 0.3 is 0 Å². The SMILES string of the molecule is CCc1cc(-c2cnc(N)c(Oc3cnn(C4CCN(C)CC4)c3)n2)cc(C2(O)CCOCC2)c1. The number of likely N-dealkylation sites (tertiary alicyclic amines) is 1. The van der Waals surface area contributed by atoms with E-state index in [1.165, 1.54) is 0 Å². The molecule has 4 heterocycles. The Morgan fingerprint density at radius 1 is 1.17 bits per heavy atom. The third-order valence-corrected chi connectivity index (χ3v) is 7.18. The second kappa shape index (κ2) is 9.93. The van der Waals surface area contributed by atoms with Crippen molar-refractivity contribution in [3.05, 3.63) is 47.9 Å². The minimum Gasteiger partial charge on any atom is -0.433 e. The van der Waals surface area contributed by atoms with Crippen molar-refractivity contribution in [2.45, 2.75) is 50.7 Å². The van der Waals surface area contributed by atoms with Crippen LogP contribution in [-0.2, 0) is 16.8 Å². The first kappa shape index (κ1) is 23.7. The van der Waals surface area contributed by atoms with Crippen molar-refractivity contribution in [2.75, 3.05) is 39.1 Å². The van der Waals surface area contributed by atoms with Crippen LogP contribution in [0.25, 0.3) is 11.3 Å². The number of benzene rings is 1. The molecule has 0 amide bonds. The Labute approximate surface area is 205 Å². The molecule has 9 nitrogen and oxygen atoms in total. The van der Waals surface area contributed by atoms with Crippen LogP contribution in [0.3, 0.4) is 0 Å². The minimum atomic E-state index is -0.902. The van der Waals surface area contributed by atoms with Gasteiger partial charge in [-0.05, 0) is 62.7 Å². The number of aryl methyl sites for hydroxylation is 1. The molecule has 186 valence electrons. The number of hydrogen-bond donors (Lipinski definition) is 2. The van der Waals surface area contributed by atoms with E-state index in [2.05, 4.69) is 41.1 Å². The number of hydrogen-bond acceptors (Lipinski definition) is 8. The van der Waals surface area contributed by atoms with Gasteiger partial charge in [-0.15, -0.1) is 0 Å². The fourth-order valence-electron chi connectivity index (χ4n) is 4.85. The molecule has 0 aliphatic carbocycles. The van der Waals surface area contributed by atoms with Crippen molar-refractivity contribution in [1.82, 2.24) is 24.6 Å². The highest BCUT2D eigenvalue weighted by Crippen LogP contribution is 2.36. The van der Waals surface area contributed by atoms with E-state index in [1.54, 1.807) is 12.4 Å². The number of aromatic nitrogens is 4. The lowest BCUT2D eigenvalue weighted by atomic mass is 9.84. The van der Waals surface area contributed by atoms with Crippen molar-refractivity contribution in [1.29, 1.82) is 0 Å². The lowest BCUT2D eigenvalue weighted by Crippen LogP contribution is -2.33. The fourth-order valence-corrected chi connectivity index (χ4v) is 4.85. The van der Waals surface area contributed by atoms with Gasteiger partial charge in [-0.25, -0.2) is 9.97 Å². The molecule has 0 unspecified atom stereocenters. The van der Waals surface area contributed by atoms with Gasteiger partial charge in [-0.2, -0.15) is 5.10 Å². The van der Waals surface area contributed by atoms with Crippen LogP contribution in [0.1, 0.15) is 49.8 Å². The molecule has 0 atom stereocenters. The molecule has 0 bridgehead atoms. The first-order chi connectivity index (χ1) is 16.9. The zero-order valence-corrected chi connectivity index (χ0v) is 20.5. The highest BCUT2D eigenvalue weighted by atomic mass is 16.5. The summed E-state index contributed by atoms with van der Waals surface area (Å²) in [7, 11) is 2.14. The Kier molecular flexibility index (Phi) is 6.73. The molecular weight excluding hydrogens is 444 g/mol. The van der Waals surface area contributed by atoms with E-state index in [-0.39, 0.29) is 11.7 Å². The summed E-state index contributed by atoms with van der Waals surface area (Å²) in [5.41, 5.74) is 8.74. The van der Waals surface area contributed by atoms with Crippen LogP contribution < -0.4 is 10.5 Å². The lowest BCUT2D eigenvalue weighted by Gasteiger charge is -2.33. The third-order valence-electron chi connectivity index (χ3n) is 7.18. The zero-order chi connectivity index (χ0) is 24.4. The van der Waals surface area contributed by atoms with Gasteiger partial charge in [0.25, 0.3) is 5.88 Å². The molecule has 3 aromatic rings. The molecule has 1 aromatic carbocycles. The van der Waals surface area contributed by atoms with Gasteiger partial charge in [0.15, 0.2) is 11.6 Å². The molecule has 2 aliphatic heterocycles. The summed E-state index contributed by atoms with van der Waals surface area (Å²) in [6.45, 7) is 5.31. The number of nitrogens with two attached hydrogens (primary N) is 1. The van der Waals surface area contributed by atoms with Crippen molar-refractivity contribution in [3.8, 4) is 22.9 Å². The molecule has 5 rings (SSSR count). The Morgan fingerprint density at radius 3 is 2.69 bits per heavy atom. The Bertz CT molecular complexity index is 1170. The third kappa shape index (κ3) is 5.17. The molecular formula is C26H34N6O3. The average Bonchev–Trinajstić information content (AvgIpc) is 3.34. The van der Waals surface area contributed by atoms with E-state index >= 15 is 0 Å². The van der Waals surface area contributed by atoms with Crippen LogP contribution in [-0.4, -0.2) is 63.1 Å². The Balaban J connectivity index is 1.40. The fraction of sp³-hybridized carbons (Fsp3) is 0.500. The molecule has 2 fully saturated rings. The number of anilines is 1. The van der Waals surface area contributed by atoms with Crippen LogP contribution in [0.2, 0.25) is 0 Å². The maximum absolute atomic E-state index is 11.3. The van der Waals surface area contributed by atoms with E-state index in [4.69, 9.17) is 20.2 Å². The highest BCUT2D eigenvalue weighted by molar-refractivity contribution is 5.63. The van der Waals surface area contributed by atoms with Crippen LogP contribution in [0.15, 0.2) is 36.8 Å². The Morgan fingerprint density at radius 2 is 1.94 bits per heavy atom. The van der Waals surface area contributed by atoms with Crippen molar-refractivity contribution >= 4 is 5.82 Å². The predicted molar refractivity (Wildman–Crippen MR) is 133 cm³/mol. The number of rotatable bonds is 6. The summed E-state index contributed by atoms with van der Waals surface area (Å²) in [6, 6.07) is 6.51. The number of ether oxygens (including phenoxy) is 2. The highest BCUT2D eigenvalue weighted by Gasteiger charge is 2.32. The van der Waals surface area contributed by atoms with E-state index < -0.39 is 5.60 Å². The van der Waals surface area contributed by atoms with Crippen LogP contribution in [0, 0.1) is 0 Å². The smallest absolute Gasteiger partial charge is 0.263 e. The average molecular weight is 479 g/mol. The van der Waals surface area contributed by atoms with E-state index in [0.29, 0.717) is 43.5 Å². The molecule has 2 aliphatic rings. The number of nitrogen functional groups attached to an aromatic ring is 1. The minimum absolute atomic E-state index is 0.218. The molecule has 9 heteroatoms. The summed E-state index contributed by atoms with van der Waals surface area (Å²) < 4.78 is 13.5. The zero-order valence-electron chi connectivity index (χ0n) is 20.5. The summed E-state index contributed by atoms with van der Waals surface area (Å²) in [5, 5.41) is 15.8. The summed E-state index contributed by atoms with van der Waals surface area (Å²) >= 11 is 0. The number of nitrogens with zero attached hydrogens (tertiary/aromatic N) is 5.